The fourth-order valence-corrected chi connectivity index (χ4v) is 0.389. The number of aliphatic carboxylic acids is 1. The van der Waals surface area contributed by atoms with Crippen LogP contribution in [0.4, 0.5) is 0 Å². The standard InChI is InChI=1S/C5H6N2.C2H4O2/c1-2-5-6-3-4-7-5;1-2(3)4/h2-4H,1H2,(H,6,7);1H3,(H,3,4). The number of nitrogens with one attached hydrogen (secondary N) is 1. The number of rotatable bonds is 1. The van der Waals surface area contributed by atoms with Gasteiger partial charge in [-0.05, 0) is 6.08 Å². The molecule has 0 aliphatic rings. The molecular formula is C7H10N2O2. The fourth-order valence-electron chi connectivity index (χ4n) is 0.389. The minimum atomic E-state index is -0.833. The number of aromatic nitrogens is 2. The van der Waals surface area contributed by atoms with Crippen LogP contribution in [0.25, 0.3) is 6.08 Å². The van der Waals surface area contributed by atoms with Gasteiger partial charge in [-0.3, -0.25) is 4.79 Å². The number of H-pyrrole nitrogens is 1. The van der Waals surface area contributed by atoms with E-state index in [1.807, 2.05) is 0 Å². The van der Waals surface area contributed by atoms with E-state index >= 15 is 0 Å². The lowest BCUT2D eigenvalue weighted by Gasteiger charge is -1.73. The Kier molecular flexibility index (Phi) is 4.47. The lowest BCUT2D eigenvalue weighted by molar-refractivity contribution is -0.134. The van der Waals surface area contributed by atoms with Crippen molar-refractivity contribution in [2.24, 2.45) is 0 Å². The van der Waals surface area contributed by atoms with Gasteiger partial charge in [0.2, 0.25) is 0 Å². The maximum atomic E-state index is 9.00. The van der Waals surface area contributed by atoms with E-state index in [9.17, 15) is 0 Å². The molecule has 4 nitrogen and oxygen atoms in total. The SMILES string of the molecule is C=Cc1ncc[nH]1.CC(=O)O. The van der Waals surface area contributed by atoms with Crippen molar-refractivity contribution in [2.45, 2.75) is 6.92 Å². The average molecular weight is 154 g/mol. The van der Waals surface area contributed by atoms with E-state index in [1.165, 1.54) is 0 Å². The summed E-state index contributed by atoms with van der Waals surface area (Å²) in [7, 11) is 0. The first-order chi connectivity index (χ1) is 5.16. The maximum absolute atomic E-state index is 9.00. The summed E-state index contributed by atoms with van der Waals surface area (Å²) in [6.45, 7) is 4.59. The van der Waals surface area contributed by atoms with Gasteiger partial charge >= 0.3 is 0 Å². The average Bonchev–Trinajstić information content (AvgIpc) is 2.36. The number of hydrogen-bond acceptors (Lipinski definition) is 2. The first kappa shape index (κ1) is 9.42. The Hall–Kier alpha value is -1.58. The van der Waals surface area contributed by atoms with Crippen LogP contribution >= 0.6 is 0 Å². The Morgan fingerprint density at radius 2 is 2.45 bits per heavy atom. The van der Waals surface area contributed by atoms with Gasteiger partial charge in [0, 0.05) is 19.3 Å². The highest BCUT2D eigenvalue weighted by atomic mass is 16.4. The number of carboxylic acids is 1. The fraction of sp³-hybridized carbons (Fsp3) is 0.143. The highest BCUT2D eigenvalue weighted by Gasteiger charge is 1.78. The molecule has 0 amide bonds. The normalized spacial score (nSPS) is 7.73. The van der Waals surface area contributed by atoms with Crippen LogP contribution in [0.1, 0.15) is 12.7 Å². The van der Waals surface area contributed by atoms with Crippen molar-refractivity contribution >= 4 is 12.0 Å². The van der Waals surface area contributed by atoms with Gasteiger partial charge in [0.25, 0.3) is 5.97 Å². The molecule has 1 rings (SSSR count). The second-order valence-corrected chi connectivity index (χ2v) is 1.70. The molecule has 0 spiro atoms. The van der Waals surface area contributed by atoms with Gasteiger partial charge in [-0.25, -0.2) is 4.98 Å². The van der Waals surface area contributed by atoms with Gasteiger partial charge in [-0.15, -0.1) is 0 Å². The quantitative estimate of drug-likeness (QED) is 0.637. The Labute approximate surface area is 64.6 Å². The van der Waals surface area contributed by atoms with Gasteiger partial charge < -0.3 is 10.1 Å². The molecule has 60 valence electrons. The number of nitrogens with zero attached hydrogens (tertiary/aromatic N) is 1. The molecule has 0 atom stereocenters. The van der Waals surface area contributed by atoms with E-state index in [4.69, 9.17) is 9.90 Å². The molecule has 11 heavy (non-hydrogen) atoms. The van der Waals surface area contributed by atoms with Crippen molar-refractivity contribution in [1.82, 2.24) is 9.97 Å². The second kappa shape index (κ2) is 5.22. The maximum Gasteiger partial charge on any atom is 0.300 e. The zero-order valence-electron chi connectivity index (χ0n) is 6.24. The second-order valence-electron chi connectivity index (χ2n) is 1.70. The summed E-state index contributed by atoms with van der Waals surface area (Å²) in [6, 6.07) is 0. The zero-order chi connectivity index (χ0) is 8.69. The predicted molar refractivity (Wildman–Crippen MR) is 42.0 cm³/mol. The number of carbonyl (C=O) groups is 1. The Morgan fingerprint density at radius 3 is 2.64 bits per heavy atom. The molecule has 0 aliphatic heterocycles. The van der Waals surface area contributed by atoms with Gasteiger partial charge in [-0.2, -0.15) is 0 Å². The molecule has 0 fully saturated rings. The van der Waals surface area contributed by atoms with E-state index in [0.29, 0.717) is 0 Å². The van der Waals surface area contributed by atoms with Crippen molar-refractivity contribution < 1.29 is 9.90 Å². The molecule has 0 unspecified atom stereocenters. The molecule has 4 heteroatoms. The van der Waals surface area contributed by atoms with Crippen molar-refractivity contribution in [1.29, 1.82) is 0 Å². The smallest absolute Gasteiger partial charge is 0.300 e. The lowest BCUT2D eigenvalue weighted by Crippen LogP contribution is -1.78. The number of hydrogen-bond donors (Lipinski definition) is 2. The summed E-state index contributed by atoms with van der Waals surface area (Å²) >= 11 is 0. The number of carboxylic acid groups (broad SMARTS) is 1. The van der Waals surface area contributed by atoms with Crippen LogP contribution < -0.4 is 0 Å². The minimum Gasteiger partial charge on any atom is -0.481 e. The molecule has 1 aromatic rings. The van der Waals surface area contributed by atoms with E-state index in [0.717, 1.165) is 12.7 Å². The molecule has 0 bridgehead atoms. The molecule has 0 saturated carbocycles. The van der Waals surface area contributed by atoms with Crippen LogP contribution in [0, 0.1) is 0 Å². The topological polar surface area (TPSA) is 66.0 Å². The Bertz CT molecular complexity index is 212. The summed E-state index contributed by atoms with van der Waals surface area (Å²) in [5, 5.41) is 7.42. The van der Waals surface area contributed by atoms with Gasteiger partial charge in [0.1, 0.15) is 5.82 Å². The Balaban J connectivity index is 0.000000218. The third-order valence-corrected chi connectivity index (χ3v) is 0.713. The molecule has 0 aromatic carbocycles. The van der Waals surface area contributed by atoms with Gasteiger partial charge in [0.05, 0.1) is 0 Å². The van der Waals surface area contributed by atoms with Crippen molar-refractivity contribution in [3.8, 4) is 0 Å². The summed E-state index contributed by atoms with van der Waals surface area (Å²) in [4.78, 5) is 15.7. The summed E-state index contributed by atoms with van der Waals surface area (Å²) in [6.07, 6.45) is 5.12. The number of imidazole rings is 1. The van der Waals surface area contributed by atoms with E-state index in [1.54, 1.807) is 18.5 Å². The predicted octanol–water partition coefficient (Wildman–Crippen LogP) is 1.14. The Morgan fingerprint density at radius 1 is 1.91 bits per heavy atom. The molecule has 0 aliphatic carbocycles. The van der Waals surface area contributed by atoms with Gasteiger partial charge in [0.15, 0.2) is 0 Å². The molecule has 1 heterocycles. The van der Waals surface area contributed by atoms with E-state index < -0.39 is 5.97 Å². The van der Waals surface area contributed by atoms with Crippen LogP contribution in [0.15, 0.2) is 19.0 Å². The third-order valence-electron chi connectivity index (χ3n) is 0.713. The highest BCUT2D eigenvalue weighted by molar-refractivity contribution is 5.62. The van der Waals surface area contributed by atoms with Crippen molar-refractivity contribution in [3.63, 3.8) is 0 Å². The first-order valence-corrected chi connectivity index (χ1v) is 2.98. The molecule has 2 N–H and O–H groups in total. The van der Waals surface area contributed by atoms with Crippen LogP contribution in [0.3, 0.4) is 0 Å². The van der Waals surface area contributed by atoms with Crippen LogP contribution in [-0.4, -0.2) is 21.0 Å². The summed E-state index contributed by atoms with van der Waals surface area (Å²) in [5.41, 5.74) is 0. The first-order valence-electron chi connectivity index (χ1n) is 2.98. The van der Waals surface area contributed by atoms with Crippen LogP contribution in [0.5, 0.6) is 0 Å². The zero-order valence-corrected chi connectivity index (χ0v) is 6.24. The number of aromatic amines is 1. The van der Waals surface area contributed by atoms with Crippen LogP contribution in [0.2, 0.25) is 0 Å². The van der Waals surface area contributed by atoms with Crippen LogP contribution in [-0.2, 0) is 4.79 Å². The lowest BCUT2D eigenvalue weighted by atomic mass is 10.6. The van der Waals surface area contributed by atoms with Crippen molar-refractivity contribution in [3.05, 3.63) is 24.8 Å². The minimum absolute atomic E-state index is 0.819. The molecular weight excluding hydrogens is 144 g/mol. The molecule has 0 saturated heterocycles. The van der Waals surface area contributed by atoms with Gasteiger partial charge in [-0.1, -0.05) is 6.58 Å². The third kappa shape index (κ3) is 6.30. The summed E-state index contributed by atoms with van der Waals surface area (Å²) < 4.78 is 0. The van der Waals surface area contributed by atoms with E-state index in [-0.39, 0.29) is 0 Å². The largest absolute Gasteiger partial charge is 0.481 e. The molecule has 0 radical (unpaired) electrons. The van der Waals surface area contributed by atoms with Crippen molar-refractivity contribution in [2.75, 3.05) is 0 Å². The van der Waals surface area contributed by atoms with E-state index in [2.05, 4.69) is 16.5 Å². The monoisotopic (exact) mass is 154 g/mol. The highest BCUT2D eigenvalue weighted by Crippen LogP contribution is 1.85. The molecule has 1 aromatic heterocycles. The summed E-state index contributed by atoms with van der Waals surface area (Å²) in [5.74, 6) is -0.0139.